The highest BCUT2D eigenvalue weighted by atomic mass is 16.7. The zero-order valence-electron chi connectivity index (χ0n) is 12.6. The van der Waals surface area contributed by atoms with Crippen molar-refractivity contribution in [3.05, 3.63) is 29.8 Å². The summed E-state index contributed by atoms with van der Waals surface area (Å²) in [6.07, 6.45) is 4.10. The van der Waals surface area contributed by atoms with Crippen LogP contribution in [0.1, 0.15) is 31.2 Å². The van der Waals surface area contributed by atoms with Gasteiger partial charge in [0.25, 0.3) is 0 Å². The maximum Gasteiger partial charge on any atom is 0.194 e. The molecule has 1 atom stereocenters. The molecular weight excluding hydrogens is 256 g/mol. The fourth-order valence-corrected chi connectivity index (χ4v) is 2.76. The van der Waals surface area contributed by atoms with Gasteiger partial charge in [-0.05, 0) is 30.5 Å². The van der Waals surface area contributed by atoms with Gasteiger partial charge in [0.05, 0.1) is 13.7 Å². The predicted molar refractivity (Wildman–Crippen MR) is 76.8 cm³/mol. The molecule has 0 amide bonds. The molecule has 4 nitrogen and oxygen atoms in total. The van der Waals surface area contributed by atoms with Gasteiger partial charge in [0, 0.05) is 20.6 Å². The molecule has 0 radical (unpaired) electrons. The largest absolute Gasteiger partial charge is 0.497 e. The van der Waals surface area contributed by atoms with Crippen LogP contribution in [0.3, 0.4) is 0 Å². The van der Waals surface area contributed by atoms with Gasteiger partial charge in [-0.2, -0.15) is 0 Å². The number of benzene rings is 1. The fraction of sp³-hybridized carbons (Fsp3) is 0.625. The Balaban J connectivity index is 1.96. The van der Waals surface area contributed by atoms with Crippen molar-refractivity contribution in [1.82, 2.24) is 0 Å². The second-order valence-corrected chi connectivity index (χ2v) is 5.11. The topological polar surface area (TPSA) is 36.9 Å². The first-order valence-corrected chi connectivity index (χ1v) is 7.09. The molecule has 1 aliphatic carbocycles. The molecule has 0 bridgehead atoms. The van der Waals surface area contributed by atoms with Crippen molar-refractivity contribution in [3.63, 3.8) is 0 Å². The van der Waals surface area contributed by atoms with E-state index < -0.39 is 5.79 Å². The number of hydrogen-bond acceptors (Lipinski definition) is 4. The van der Waals surface area contributed by atoms with Gasteiger partial charge in [0.15, 0.2) is 5.79 Å². The number of rotatable bonds is 6. The third kappa shape index (κ3) is 3.32. The molecule has 1 aromatic carbocycles. The molecule has 1 aliphatic rings. The molecule has 2 rings (SSSR count). The molecule has 0 spiro atoms. The van der Waals surface area contributed by atoms with Crippen LogP contribution in [0.25, 0.3) is 0 Å². The van der Waals surface area contributed by atoms with Gasteiger partial charge in [-0.3, -0.25) is 0 Å². The van der Waals surface area contributed by atoms with Crippen LogP contribution in [-0.4, -0.2) is 33.2 Å². The zero-order valence-corrected chi connectivity index (χ0v) is 12.6. The van der Waals surface area contributed by atoms with E-state index in [0.717, 1.165) is 37.0 Å². The minimum atomic E-state index is -0.593. The Kier molecular flexibility index (Phi) is 5.40. The van der Waals surface area contributed by atoms with Gasteiger partial charge < -0.3 is 18.9 Å². The molecular formula is C16H24O4. The molecule has 0 saturated heterocycles. The Hall–Kier alpha value is -1.10. The van der Waals surface area contributed by atoms with E-state index in [1.54, 1.807) is 21.3 Å². The second kappa shape index (κ2) is 7.07. The summed E-state index contributed by atoms with van der Waals surface area (Å²) < 4.78 is 22.4. The third-order valence-corrected chi connectivity index (χ3v) is 4.03. The van der Waals surface area contributed by atoms with Crippen molar-refractivity contribution in [2.24, 2.45) is 0 Å². The van der Waals surface area contributed by atoms with E-state index in [1.165, 1.54) is 0 Å². The normalized spacial score (nSPS) is 21.6. The van der Waals surface area contributed by atoms with Gasteiger partial charge in [-0.1, -0.05) is 18.6 Å². The maximum atomic E-state index is 6.05. The molecule has 1 saturated carbocycles. The lowest BCUT2D eigenvalue weighted by molar-refractivity contribution is -0.285. The van der Waals surface area contributed by atoms with Crippen molar-refractivity contribution in [2.45, 2.75) is 44.2 Å². The Morgan fingerprint density at radius 3 is 2.35 bits per heavy atom. The fourth-order valence-electron chi connectivity index (χ4n) is 2.76. The lowest BCUT2D eigenvalue weighted by atomic mass is 9.91. The molecule has 1 fully saturated rings. The van der Waals surface area contributed by atoms with Crippen molar-refractivity contribution in [1.29, 1.82) is 0 Å². The standard InChI is InChI=1S/C16H24O4/c1-17-14-9-7-13(8-10-14)12-20-15-6-4-5-11-16(15,18-2)19-3/h7-10,15H,4-6,11-12H2,1-3H3. The average Bonchev–Trinajstić information content (AvgIpc) is 2.53. The van der Waals surface area contributed by atoms with Crippen LogP contribution in [0, 0.1) is 0 Å². The smallest absolute Gasteiger partial charge is 0.194 e. The van der Waals surface area contributed by atoms with Crippen LogP contribution in [0.4, 0.5) is 0 Å². The third-order valence-electron chi connectivity index (χ3n) is 4.03. The molecule has 0 heterocycles. The molecule has 20 heavy (non-hydrogen) atoms. The quantitative estimate of drug-likeness (QED) is 0.750. The monoisotopic (exact) mass is 280 g/mol. The van der Waals surface area contributed by atoms with Crippen LogP contribution in [0.2, 0.25) is 0 Å². The summed E-state index contributed by atoms with van der Waals surface area (Å²) in [5.41, 5.74) is 1.12. The zero-order chi connectivity index (χ0) is 14.4. The molecule has 112 valence electrons. The summed E-state index contributed by atoms with van der Waals surface area (Å²) in [6.45, 7) is 0.559. The minimum Gasteiger partial charge on any atom is -0.497 e. The maximum absolute atomic E-state index is 6.05. The van der Waals surface area contributed by atoms with Crippen LogP contribution >= 0.6 is 0 Å². The Morgan fingerprint density at radius 2 is 1.75 bits per heavy atom. The van der Waals surface area contributed by atoms with E-state index in [2.05, 4.69) is 0 Å². The van der Waals surface area contributed by atoms with Crippen molar-refractivity contribution >= 4 is 0 Å². The lowest BCUT2D eigenvalue weighted by Crippen LogP contribution is -2.49. The van der Waals surface area contributed by atoms with E-state index in [4.69, 9.17) is 18.9 Å². The van der Waals surface area contributed by atoms with Gasteiger partial charge in [0.1, 0.15) is 11.9 Å². The molecule has 1 unspecified atom stereocenters. The van der Waals surface area contributed by atoms with Gasteiger partial charge in [-0.25, -0.2) is 0 Å². The highest BCUT2D eigenvalue weighted by Crippen LogP contribution is 2.34. The van der Waals surface area contributed by atoms with E-state index in [-0.39, 0.29) is 6.10 Å². The van der Waals surface area contributed by atoms with E-state index in [9.17, 15) is 0 Å². The Bertz CT molecular complexity index is 397. The van der Waals surface area contributed by atoms with Gasteiger partial charge in [0.2, 0.25) is 0 Å². The lowest BCUT2D eigenvalue weighted by Gasteiger charge is -2.41. The van der Waals surface area contributed by atoms with Gasteiger partial charge in [-0.15, -0.1) is 0 Å². The summed E-state index contributed by atoms with van der Waals surface area (Å²) >= 11 is 0. The van der Waals surface area contributed by atoms with Crippen molar-refractivity contribution < 1.29 is 18.9 Å². The van der Waals surface area contributed by atoms with Gasteiger partial charge >= 0.3 is 0 Å². The van der Waals surface area contributed by atoms with Crippen molar-refractivity contribution in [2.75, 3.05) is 21.3 Å². The number of ether oxygens (including phenoxy) is 4. The van der Waals surface area contributed by atoms with Crippen LogP contribution in [0.5, 0.6) is 5.75 Å². The molecule has 1 aromatic rings. The Labute approximate surface area is 121 Å². The highest BCUT2D eigenvalue weighted by Gasteiger charge is 2.42. The molecule has 0 aromatic heterocycles. The van der Waals surface area contributed by atoms with E-state index in [0.29, 0.717) is 6.61 Å². The summed E-state index contributed by atoms with van der Waals surface area (Å²) in [5.74, 6) is 0.264. The molecule has 0 aliphatic heterocycles. The van der Waals surface area contributed by atoms with Crippen molar-refractivity contribution in [3.8, 4) is 5.75 Å². The first-order valence-electron chi connectivity index (χ1n) is 7.09. The first kappa shape index (κ1) is 15.3. The minimum absolute atomic E-state index is 0.0200. The van der Waals surface area contributed by atoms with Crippen LogP contribution < -0.4 is 4.74 Å². The summed E-state index contributed by atoms with van der Waals surface area (Å²) in [5, 5.41) is 0. The molecule has 0 N–H and O–H groups in total. The SMILES string of the molecule is COc1ccc(COC2CCCCC2(OC)OC)cc1. The molecule has 4 heteroatoms. The first-order chi connectivity index (χ1) is 9.74. The predicted octanol–water partition coefficient (Wildman–Crippen LogP) is 3.14. The van der Waals surface area contributed by atoms with Crippen LogP contribution in [-0.2, 0) is 20.8 Å². The van der Waals surface area contributed by atoms with E-state index >= 15 is 0 Å². The number of hydrogen-bond donors (Lipinski definition) is 0. The van der Waals surface area contributed by atoms with Crippen LogP contribution in [0.15, 0.2) is 24.3 Å². The summed E-state index contributed by atoms with van der Waals surface area (Å²) in [4.78, 5) is 0. The number of methoxy groups -OCH3 is 3. The highest BCUT2D eigenvalue weighted by molar-refractivity contribution is 5.26. The Morgan fingerprint density at radius 1 is 1.05 bits per heavy atom. The van der Waals surface area contributed by atoms with E-state index in [1.807, 2.05) is 24.3 Å². The summed E-state index contributed by atoms with van der Waals surface area (Å²) in [7, 11) is 5.05. The average molecular weight is 280 g/mol. The second-order valence-electron chi connectivity index (χ2n) is 5.11. The summed E-state index contributed by atoms with van der Waals surface area (Å²) in [6, 6.07) is 7.92.